The van der Waals surface area contributed by atoms with Gasteiger partial charge in [-0.15, -0.1) is 0 Å². The van der Waals surface area contributed by atoms with Crippen molar-refractivity contribution in [3.8, 4) is 0 Å². The zero-order valence-corrected chi connectivity index (χ0v) is 9.60. The minimum absolute atomic E-state index is 0. The fraction of sp³-hybridized carbons (Fsp3) is 0. The van der Waals surface area contributed by atoms with E-state index < -0.39 is 0 Å². The molecule has 0 aliphatic rings. The molecule has 0 radical (unpaired) electrons. The molecule has 0 saturated carbocycles. The fourth-order valence-corrected chi connectivity index (χ4v) is 0. The van der Waals surface area contributed by atoms with Crippen LogP contribution in [0.2, 0.25) is 0 Å². The molecule has 0 saturated heterocycles. The summed E-state index contributed by atoms with van der Waals surface area (Å²) in [6.07, 6.45) is 0. The van der Waals surface area contributed by atoms with Gasteiger partial charge in [0.05, 0.1) is 0 Å². The summed E-state index contributed by atoms with van der Waals surface area (Å²) in [5, 5.41) is 0. The van der Waals surface area contributed by atoms with Gasteiger partial charge >= 0.3 is 65.7 Å². The van der Waals surface area contributed by atoms with Crippen LogP contribution < -0.4 is 0 Å². The van der Waals surface area contributed by atoms with Crippen LogP contribution in [0.4, 0.5) is 0 Å². The van der Waals surface area contributed by atoms with Gasteiger partial charge in [-0.3, -0.25) is 0 Å². The summed E-state index contributed by atoms with van der Waals surface area (Å²) in [6.45, 7) is 0. The second-order valence-corrected chi connectivity index (χ2v) is 0. The number of hydrogen-bond donors (Lipinski definition) is 0. The topological polar surface area (TPSA) is 0 Å². The van der Waals surface area contributed by atoms with Gasteiger partial charge in [-0.25, -0.2) is 0 Å². The zero-order chi connectivity index (χ0) is 0. The third-order valence-electron chi connectivity index (χ3n) is 0. The van der Waals surface area contributed by atoms with Gasteiger partial charge < -0.3 is 0 Å². The van der Waals surface area contributed by atoms with E-state index in [0.717, 1.165) is 0 Å². The van der Waals surface area contributed by atoms with Crippen LogP contribution in [0.15, 0.2) is 0 Å². The van der Waals surface area contributed by atoms with Crippen molar-refractivity contribution in [2.24, 2.45) is 0 Å². The zero-order valence-electron chi connectivity index (χ0n) is 1.71. The Balaban J connectivity index is 0. The van der Waals surface area contributed by atoms with Gasteiger partial charge in [-0.2, -0.15) is 13.5 Å². The summed E-state index contributed by atoms with van der Waals surface area (Å²) in [5.74, 6) is 0. The molecule has 4 heteroatoms. The predicted octanol–water partition coefficient (Wildman–Crippen LogP) is -3.44. The van der Waals surface area contributed by atoms with E-state index in [9.17, 15) is 0 Å². The second kappa shape index (κ2) is 17.8. The Morgan fingerprint density at radius 1 is 1.00 bits per heavy atom. The molecular formula is H11GeSSbTe. The van der Waals surface area contributed by atoms with Crippen LogP contribution in [-0.4, -0.2) is 65.7 Å². The standard InChI is InChI=1S/GeH4.H2S.Sb.H2Te.3H/h1H4;1H2;;1H2;;;. The van der Waals surface area contributed by atoms with Gasteiger partial charge in [-0.05, 0) is 0 Å². The number of rotatable bonds is 0. The summed E-state index contributed by atoms with van der Waals surface area (Å²) >= 11 is 0. The normalized spacial score (nSPS) is 0. The van der Waals surface area contributed by atoms with Crippen LogP contribution >= 0.6 is 13.5 Å². The maximum atomic E-state index is 0. The summed E-state index contributed by atoms with van der Waals surface area (Å²) in [6, 6.07) is 0. The molecule has 0 aliphatic carbocycles. The molecule has 0 N–H and O–H groups in total. The van der Waals surface area contributed by atoms with E-state index in [2.05, 4.69) is 0 Å². The molecule has 32 valence electrons. The van der Waals surface area contributed by atoms with Gasteiger partial charge in [-0.1, -0.05) is 0 Å². The van der Waals surface area contributed by atoms with Crippen LogP contribution in [0.5, 0.6) is 0 Å². The monoisotopic (exact) mass is 368 g/mol. The van der Waals surface area contributed by atoms with Crippen molar-refractivity contribution in [1.29, 1.82) is 0 Å². The van der Waals surface area contributed by atoms with Gasteiger partial charge in [0.1, 0.15) is 0 Å². The van der Waals surface area contributed by atoms with E-state index in [1.165, 1.54) is 0 Å². The van der Waals surface area contributed by atoms with E-state index in [4.69, 9.17) is 0 Å². The third-order valence-corrected chi connectivity index (χ3v) is 0. The molecule has 0 unspecified atom stereocenters. The van der Waals surface area contributed by atoms with Crippen molar-refractivity contribution >= 4 is 79.2 Å². The Morgan fingerprint density at radius 3 is 1.00 bits per heavy atom. The first-order valence-electron chi connectivity index (χ1n) is 0. The third kappa shape index (κ3) is 8.82. The van der Waals surface area contributed by atoms with Crippen molar-refractivity contribution in [3.05, 3.63) is 0 Å². The second-order valence-electron chi connectivity index (χ2n) is 0. The molecule has 0 rings (SSSR count). The van der Waals surface area contributed by atoms with E-state index in [-0.39, 0.29) is 79.2 Å². The first-order chi connectivity index (χ1) is 0. The fourth-order valence-electron chi connectivity index (χ4n) is 0. The van der Waals surface area contributed by atoms with Crippen LogP contribution in [0.1, 0.15) is 0 Å². The van der Waals surface area contributed by atoms with Crippen molar-refractivity contribution in [3.63, 3.8) is 0 Å². The first kappa shape index (κ1) is 31.5. The Hall–Kier alpha value is 2.50. The molecule has 0 aromatic heterocycles. The Morgan fingerprint density at radius 2 is 1.00 bits per heavy atom. The van der Waals surface area contributed by atoms with E-state index >= 15 is 0 Å². The minimum atomic E-state index is 0. The average molecular weight is 365 g/mol. The molecule has 0 amide bonds. The summed E-state index contributed by atoms with van der Waals surface area (Å²) in [7, 11) is 0. The van der Waals surface area contributed by atoms with Gasteiger partial charge in [0.15, 0.2) is 0 Å². The van der Waals surface area contributed by atoms with Gasteiger partial charge in [0, 0.05) is 0 Å². The molecule has 0 fully saturated rings. The van der Waals surface area contributed by atoms with Crippen LogP contribution in [0.25, 0.3) is 0 Å². The molecule has 0 aromatic carbocycles. The molecule has 0 aromatic rings. The Kier molecular flexibility index (Phi) is 140. The van der Waals surface area contributed by atoms with Crippen molar-refractivity contribution < 1.29 is 0 Å². The number of hydrogen-bond acceptors (Lipinski definition) is 0. The van der Waals surface area contributed by atoms with Gasteiger partial charge in [0.2, 0.25) is 0 Å². The summed E-state index contributed by atoms with van der Waals surface area (Å²) in [4.78, 5) is 0. The predicted molar refractivity (Wildman–Crippen MR) is 40.2 cm³/mol. The van der Waals surface area contributed by atoms with E-state index in [1.807, 2.05) is 0 Å². The van der Waals surface area contributed by atoms with Crippen LogP contribution in [0, 0.1) is 0 Å². The van der Waals surface area contributed by atoms with Crippen LogP contribution in [0.3, 0.4) is 0 Å². The first-order valence-corrected chi connectivity index (χ1v) is 0. The SMILES string of the molecule is S.[GeH4].[SbH3].[TeH2]. The molecule has 0 aliphatic heterocycles. The summed E-state index contributed by atoms with van der Waals surface area (Å²) in [5.41, 5.74) is 0. The molecule has 4 heavy (non-hydrogen) atoms. The maximum absolute atomic E-state index is 0. The molecular weight excluding hydrogens is 354 g/mol. The molecule has 0 atom stereocenters. The quantitative estimate of drug-likeness (QED) is 0.392. The van der Waals surface area contributed by atoms with Crippen molar-refractivity contribution in [2.75, 3.05) is 0 Å². The molecule has 0 bridgehead atoms. The molecule has 0 nitrogen and oxygen atoms in total. The van der Waals surface area contributed by atoms with E-state index in [1.54, 1.807) is 0 Å². The van der Waals surface area contributed by atoms with Crippen molar-refractivity contribution in [2.45, 2.75) is 0 Å². The van der Waals surface area contributed by atoms with Crippen LogP contribution in [-0.2, 0) is 0 Å². The molecule has 0 heterocycles. The van der Waals surface area contributed by atoms with Gasteiger partial charge in [0.25, 0.3) is 0 Å². The van der Waals surface area contributed by atoms with E-state index in [0.29, 0.717) is 0 Å². The summed E-state index contributed by atoms with van der Waals surface area (Å²) < 4.78 is 0. The Labute approximate surface area is 78.1 Å². The average Bonchev–Trinajstić information content (AvgIpc) is 0. The Bertz CT molecular complexity index is 8.00. The molecule has 0 spiro atoms. The van der Waals surface area contributed by atoms with Crippen molar-refractivity contribution in [1.82, 2.24) is 0 Å².